The Morgan fingerprint density at radius 1 is 1.29 bits per heavy atom. The van der Waals surface area contributed by atoms with E-state index in [9.17, 15) is 8.78 Å². The summed E-state index contributed by atoms with van der Waals surface area (Å²) >= 11 is 1.77. The van der Waals surface area contributed by atoms with Gasteiger partial charge < -0.3 is 5.73 Å². The first-order valence-corrected chi connectivity index (χ1v) is 5.57. The van der Waals surface area contributed by atoms with E-state index in [4.69, 9.17) is 5.73 Å². The van der Waals surface area contributed by atoms with Crippen molar-refractivity contribution in [3.05, 3.63) is 32.9 Å². The molecular weight excluding hydrogens is 299 g/mol. The fraction of sp³-hybridized carbons (Fsp3) is 0.400. The highest BCUT2D eigenvalue weighted by atomic mass is 127. The van der Waals surface area contributed by atoms with Crippen molar-refractivity contribution in [3.8, 4) is 0 Å². The summed E-state index contributed by atoms with van der Waals surface area (Å²) < 4.78 is 26.9. The molecule has 0 aromatic heterocycles. The Kier molecular flexibility index (Phi) is 2.74. The smallest absolute Gasteiger partial charge is 0.137 e. The van der Waals surface area contributed by atoms with Crippen LogP contribution in [0.4, 0.5) is 8.78 Å². The van der Waals surface area contributed by atoms with Gasteiger partial charge >= 0.3 is 0 Å². The second-order valence-electron chi connectivity index (χ2n) is 3.65. The molecule has 1 atom stereocenters. The van der Waals surface area contributed by atoms with Gasteiger partial charge in [0, 0.05) is 11.6 Å². The number of nitrogens with two attached hydrogens (primary N) is 1. The van der Waals surface area contributed by atoms with Gasteiger partial charge in [0.2, 0.25) is 0 Å². The molecule has 1 saturated carbocycles. The Morgan fingerprint density at radius 2 is 1.93 bits per heavy atom. The van der Waals surface area contributed by atoms with Crippen LogP contribution in [0, 0.1) is 21.1 Å². The van der Waals surface area contributed by atoms with Crippen molar-refractivity contribution in [1.82, 2.24) is 0 Å². The van der Waals surface area contributed by atoms with E-state index < -0.39 is 11.6 Å². The number of hydrogen-bond donors (Lipinski definition) is 1. The molecule has 76 valence electrons. The molecule has 1 fully saturated rings. The quantitative estimate of drug-likeness (QED) is 0.660. The molecule has 1 aromatic carbocycles. The van der Waals surface area contributed by atoms with E-state index in [1.807, 2.05) is 0 Å². The van der Waals surface area contributed by atoms with Gasteiger partial charge in [0.25, 0.3) is 0 Å². The summed E-state index contributed by atoms with van der Waals surface area (Å²) in [6.45, 7) is 0. The average molecular weight is 309 g/mol. The van der Waals surface area contributed by atoms with Gasteiger partial charge in [0.15, 0.2) is 0 Å². The fourth-order valence-corrected chi connectivity index (χ4v) is 1.93. The number of hydrogen-bond acceptors (Lipinski definition) is 1. The Balaban J connectivity index is 2.36. The lowest BCUT2D eigenvalue weighted by molar-refractivity contribution is 0.536. The fourth-order valence-electron chi connectivity index (χ4n) is 1.50. The molecule has 0 radical (unpaired) electrons. The lowest BCUT2D eigenvalue weighted by Gasteiger charge is -2.12. The van der Waals surface area contributed by atoms with E-state index >= 15 is 0 Å². The van der Waals surface area contributed by atoms with Crippen LogP contribution >= 0.6 is 22.6 Å². The Hall–Kier alpha value is -0.230. The lowest BCUT2D eigenvalue weighted by Crippen LogP contribution is -2.14. The molecule has 0 aliphatic heterocycles. The van der Waals surface area contributed by atoms with E-state index in [0.29, 0.717) is 15.1 Å². The summed E-state index contributed by atoms with van der Waals surface area (Å²) in [6.07, 6.45) is 2.04. The average Bonchev–Trinajstić information content (AvgIpc) is 2.93. The van der Waals surface area contributed by atoms with E-state index in [-0.39, 0.29) is 6.04 Å². The van der Waals surface area contributed by atoms with Gasteiger partial charge in [-0.05, 0) is 53.5 Å². The van der Waals surface area contributed by atoms with E-state index in [1.54, 1.807) is 22.6 Å². The van der Waals surface area contributed by atoms with Gasteiger partial charge in [-0.3, -0.25) is 0 Å². The Bertz CT molecular complexity index is 363. The third kappa shape index (κ3) is 1.91. The predicted octanol–water partition coefficient (Wildman–Crippen LogP) is 2.98. The zero-order valence-corrected chi connectivity index (χ0v) is 9.59. The first-order chi connectivity index (χ1) is 6.59. The van der Waals surface area contributed by atoms with Gasteiger partial charge in [0.05, 0.1) is 3.57 Å². The van der Waals surface area contributed by atoms with E-state index in [1.165, 1.54) is 12.1 Å². The molecule has 1 aliphatic rings. The first-order valence-electron chi connectivity index (χ1n) is 4.49. The van der Waals surface area contributed by atoms with Crippen LogP contribution in [-0.2, 0) is 0 Å². The molecule has 14 heavy (non-hydrogen) atoms. The molecule has 0 heterocycles. The van der Waals surface area contributed by atoms with Crippen molar-refractivity contribution in [1.29, 1.82) is 0 Å². The molecule has 1 unspecified atom stereocenters. The normalized spacial score (nSPS) is 18.3. The highest BCUT2D eigenvalue weighted by Gasteiger charge is 2.31. The maximum atomic E-state index is 13.4. The topological polar surface area (TPSA) is 26.0 Å². The van der Waals surface area contributed by atoms with Crippen molar-refractivity contribution in [2.24, 2.45) is 11.7 Å². The molecule has 4 heteroatoms. The maximum Gasteiger partial charge on any atom is 0.137 e. The van der Waals surface area contributed by atoms with Crippen molar-refractivity contribution < 1.29 is 8.78 Å². The summed E-state index contributed by atoms with van der Waals surface area (Å²) in [6, 6.07) is 2.08. The summed E-state index contributed by atoms with van der Waals surface area (Å²) in [5, 5.41) is 0. The van der Waals surface area contributed by atoms with Crippen molar-refractivity contribution in [2.75, 3.05) is 0 Å². The second kappa shape index (κ2) is 3.73. The summed E-state index contributed by atoms with van der Waals surface area (Å²) in [5.41, 5.74) is 6.12. The number of halogens is 3. The van der Waals surface area contributed by atoms with Gasteiger partial charge in [-0.2, -0.15) is 0 Å². The van der Waals surface area contributed by atoms with Crippen LogP contribution in [0.15, 0.2) is 12.1 Å². The second-order valence-corrected chi connectivity index (χ2v) is 4.81. The molecule has 2 N–H and O–H groups in total. The van der Waals surface area contributed by atoms with Crippen LogP contribution in [0.3, 0.4) is 0 Å². The SMILES string of the molecule is NC(c1cc(F)c(I)cc1F)C1CC1. The van der Waals surface area contributed by atoms with Gasteiger partial charge in [-0.25, -0.2) is 8.78 Å². The molecule has 0 bridgehead atoms. The van der Waals surface area contributed by atoms with Crippen LogP contribution in [-0.4, -0.2) is 0 Å². The molecule has 1 aromatic rings. The molecule has 1 aliphatic carbocycles. The minimum Gasteiger partial charge on any atom is -0.324 e. The summed E-state index contributed by atoms with van der Waals surface area (Å²) in [5.74, 6) is -0.447. The van der Waals surface area contributed by atoms with Crippen LogP contribution in [0.25, 0.3) is 0 Å². The summed E-state index contributed by atoms with van der Waals surface area (Å²) in [7, 11) is 0. The molecule has 0 spiro atoms. The highest BCUT2D eigenvalue weighted by molar-refractivity contribution is 14.1. The number of rotatable bonds is 2. The molecule has 0 amide bonds. The maximum absolute atomic E-state index is 13.4. The third-order valence-electron chi connectivity index (χ3n) is 2.53. The Labute approximate surface area is 94.8 Å². The van der Waals surface area contributed by atoms with Gasteiger partial charge in [0.1, 0.15) is 11.6 Å². The van der Waals surface area contributed by atoms with E-state index in [2.05, 4.69) is 0 Å². The monoisotopic (exact) mass is 309 g/mol. The van der Waals surface area contributed by atoms with Gasteiger partial charge in [-0.1, -0.05) is 0 Å². The highest BCUT2D eigenvalue weighted by Crippen LogP contribution is 2.40. The zero-order chi connectivity index (χ0) is 10.3. The summed E-state index contributed by atoms with van der Waals surface area (Å²) in [4.78, 5) is 0. The van der Waals surface area contributed by atoms with Crippen LogP contribution < -0.4 is 5.73 Å². The lowest BCUT2D eigenvalue weighted by atomic mass is 10.0. The molecule has 0 saturated heterocycles. The van der Waals surface area contributed by atoms with Crippen molar-refractivity contribution >= 4 is 22.6 Å². The third-order valence-corrected chi connectivity index (χ3v) is 3.36. The predicted molar refractivity (Wildman–Crippen MR) is 58.7 cm³/mol. The van der Waals surface area contributed by atoms with Gasteiger partial charge in [-0.15, -0.1) is 0 Å². The zero-order valence-electron chi connectivity index (χ0n) is 7.43. The largest absolute Gasteiger partial charge is 0.324 e. The van der Waals surface area contributed by atoms with Crippen LogP contribution in [0.2, 0.25) is 0 Å². The molecule has 2 rings (SSSR count). The van der Waals surface area contributed by atoms with Crippen molar-refractivity contribution in [2.45, 2.75) is 18.9 Å². The Morgan fingerprint density at radius 3 is 2.50 bits per heavy atom. The minimum absolute atomic E-state index is 0.298. The molecule has 1 nitrogen and oxygen atoms in total. The van der Waals surface area contributed by atoms with E-state index in [0.717, 1.165) is 12.8 Å². The first kappa shape index (κ1) is 10.3. The van der Waals surface area contributed by atoms with Crippen molar-refractivity contribution in [3.63, 3.8) is 0 Å². The standard InChI is InChI=1S/C10H10F2IN/c11-7-4-9(13)8(12)3-6(7)10(14)5-1-2-5/h3-5,10H,1-2,14H2. The van der Waals surface area contributed by atoms with Crippen LogP contribution in [0.1, 0.15) is 24.4 Å². The number of benzene rings is 1. The molecular formula is C10H10F2IN. The van der Waals surface area contributed by atoms with Crippen LogP contribution in [0.5, 0.6) is 0 Å². The minimum atomic E-state index is -0.393.